The number of amides is 2. The predicted octanol–water partition coefficient (Wildman–Crippen LogP) is 0.442. The monoisotopic (exact) mass is 208 g/mol. The number of hydrogen-bond acceptors (Lipinski definition) is 3. The molecule has 0 aromatic rings. The second-order valence-electron chi connectivity index (χ2n) is 4.18. The zero-order valence-corrected chi connectivity index (χ0v) is 8.90. The van der Waals surface area contributed by atoms with Gasteiger partial charge in [0.25, 0.3) is 0 Å². The van der Waals surface area contributed by atoms with Gasteiger partial charge in [-0.1, -0.05) is 12.2 Å². The highest BCUT2D eigenvalue weighted by molar-refractivity contribution is 6.05. The quantitative estimate of drug-likeness (QED) is 0.529. The Morgan fingerprint density at radius 3 is 2.80 bits per heavy atom. The minimum absolute atomic E-state index is 0.0858. The maximum atomic E-state index is 11.6. The van der Waals surface area contributed by atoms with Crippen LogP contribution in [0.2, 0.25) is 0 Å². The van der Waals surface area contributed by atoms with E-state index in [0.29, 0.717) is 6.42 Å². The van der Waals surface area contributed by atoms with Crippen molar-refractivity contribution < 1.29 is 9.59 Å². The summed E-state index contributed by atoms with van der Waals surface area (Å²) in [6.07, 6.45) is 7.86. The van der Waals surface area contributed by atoms with E-state index in [9.17, 15) is 9.59 Å². The molecule has 0 radical (unpaired) electrons. The lowest BCUT2D eigenvalue weighted by atomic mass is 10.0. The molecule has 82 valence electrons. The van der Waals surface area contributed by atoms with Crippen LogP contribution >= 0.6 is 0 Å². The third-order valence-corrected chi connectivity index (χ3v) is 3.05. The Kier molecular flexibility index (Phi) is 2.86. The number of nitrogens with one attached hydrogen (secondary N) is 1. The normalized spacial score (nSPS) is 31.4. The van der Waals surface area contributed by atoms with Crippen molar-refractivity contribution in [3.63, 3.8) is 0 Å². The molecule has 4 heteroatoms. The molecule has 1 N–H and O–H groups in total. The third-order valence-electron chi connectivity index (χ3n) is 3.05. The molecule has 0 aromatic carbocycles. The van der Waals surface area contributed by atoms with Crippen molar-refractivity contribution in [1.82, 2.24) is 10.2 Å². The van der Waals surface area contributed by atoms with E-state index in [-0.39, 0.29) is 23.9 Å². The Hall–Kier alpha value is -1.16. The number of nitrogens with zero attached hydrogens (tertiary/aromatic N) is 1. The maximum absolute atomic E-state index is 11.6. The molecule has 1 aliphatic carbocycles. The van der Waals surface area contributed by atoms with Crippen molar-refractivity contribution in [3.8, 4) is 0 Å². The highest BCUT2D eigenvalue weighted by Gasteiger charge is 2.36. The zero-order valence-electron chi connectivity index (χ0n) is 8.90. The molecule has 0 aromatic heterocycles. The van der Waals surface area contributed by atoms with Crippen molar-refractivity contribution in [2.45, 2.75) is 37.8 Å². The Balaban J connectivity index is 1.95. The highest BCUT2D eigenvalue weighted by Crippen LogP contribution is 2.15. The summed E-state index contributed by atoms with van der Waals surface area (Å²) in [5, 5.41) is 3.23. The number of imide groups is 1. The minimum atomic E-state index is -0.310. The molecule has 2 amide bonds. The molecule has 2 rings (SSSR count). The Bertz CT molecular complexity index is 312. The van der Waals surface area contributed by atoms with Crippen LogP contribution in [0.5, 0.6) is 0 Å². The number of hydrogen-bond donors (Lipinski definition) is 1. The molecule has 0 spiro atoms. The lowest BCUT2D eigenvalue weighted by molar-refractivity contribution is -0.137. The molecule has 1 aliphatic heterocycles. The molecule has 2 aliphatic rings. The first-order valence-electron chi connectivity index (χ1n) is 5.41. The van der Waals surface area contributed by atoms with Crippen molar-refractivity contribution in [2.24, 2.45) is 0 Å². The fraction of sp³-hybridized carbons (Fsp3) is 0.636. The van der Waals surface area contributed by atoms with Gasteiger partial charge in [0, 0.05) is 13.1 Å². The van der Waals surface area contributed by atoms with Crippen LogP contribution in [0.1, 0.15) is 25.7 Å². The number of rotatable bonds is 2. The SMILES string of the molecule is CN1C(=O)CC(NC2C=CCCC2)C1=O. The van der Waals surface area contributed by atoms with Gasteiger partial charge in [0.1, 0.15) is 0 Å². The maximum Gasteiger partial charge on any atom is 0.246 e. The second kappa shape index (κ2) is 4.14. The van der Waals surface area contributed by atoms with Crippen molar-refractivity contribution in [1.29, 1.82) is 0 Å². The minimum Gasteiger partial charge on any atom is -0.299 e. The number of carbonyl (C=O) groups excluding carboxylic acids is 2. The van der Waals surface area contributed by atoms with Gasteiger partial charge in [-0.05, 0) is 19.3 Å². The van der Waals surface area contributed by atoms with E-state index in [1.807, 2.05) is 0 Å². The molecule has 0 bridgehead atoms. The number of carbonyl (C=O) groups is 2. The van der Waals surface area contributed by atoms with E-state index in [1.54, 1.807) is 7.05 Å². The summed E-state index contributed by atoms with van der Waals surface area (Å²) in [4.78, 5) is 24.1. The van der Waals surface area contributed by atoms with Crippen LogP contribution in [-0.4, -0.2) is 35.8 Å². The summed E-state index contributed by atoms with van der Waals surface area (Å²) in [7, 11) is 1.54. The van der Waals surface area contributed by atoms with E-state index in [0.717, 1.165) is 19.3 Å². The summed E-state index contributed by atoms with van der Waals surface area (Å²) in [5.74, 6) is -0.184. The summed E-state index contributed by atoms with van der Waals surface area (Å²) in [6, 6.07) is -0.0535. The van der Waals surface area contributed by atoms with Crippen molar-refractivity contribution in [2.75, 3.05) is 7.05 Å². The average Bonchev–Trinajstić information content (AvgIpc) is 2.48. The van der Waals surface area contributed by atoms with Gasteiger partial charge < -0.3 is 0 Å². The van der Waals surface area contributed by atoms with Gasteiger partial charge in [-0.15, -0.1) is 0 Å². The van der Waals surface area contributed by atoms with Gasteiger partial charge in [0.15, 0.2) is 0 Å². The standard InChI is InChI=1S/C11H16N2O2/c1-13-10(14)7-9(11(13)15)12-8-5-3-2-4-6-8/h3,5,8-9,12H,2,4,6-7H2,1H3. The Labute approximate surface area is 89.3 Å². The first kappa shape index (κ1) is 10.4. The van der Waals surface area contributed by atoms with Crippen LogP contribution in [0.4, 0.5) is 0 Å². The van der Waals surface area contributed by atoms with E-state index in [1.165, 1.54) is 4.90 Å². The second-order valence-corrected chi connectivity index (χ2v) is 4.18. The Morgan fingerprint density at radius 2 is 2.27 bits per heavy atom. The third kappa shape index (κ3) is 2.09. The van der Waals surface area contributed by atoms with Gasteiger partial charge in [0.05, 0.1) is 12.5 Å². The summed E-state index contributed by atoms with van der Waals surface area (Å²) in [5.41, 5.74) is 0. The molecule has 0 saturated carbocycles. The molecular weight excluding hydrogens is 192 g/mol. The fourth-order valence-electron chi connectivity index (χ4n) is 2.10. The molecule has 1 heterocycles. The smallest absolute Gasteiger partial charge is 0.246 e. The largest absolute Gasteiger partial charge is 0.299 e. The molecule has 2 unspecified atom stereocenters. The fourth-order valence-corrected chi connectivity index (χ4v) is 2.10. The molecule has 2 atom stereocenters. The first-order valence-corrected chi connectivity index (χ1v) is 5.41. The lowest BCUT2D eigenvalue weighted by Gasteiger charge is -2.21. The highest BCUT2D eigenvalue weighted by atomic mass is 16.2. The van der Waals surface area contributed by atoms with Gasteiger partial charge in [0.2, 0.25) is 11.8 Å². The first-order chi connectivity index (χ1) is 7.18. The van der Waals surface area contributed by atoms with Gasteiger partial charge in [-0.25, -0.2) is 0 Å². The van der Waals surface area contributed by atoms with Crippen LogP contribution in [0, 0.1) is 0 Å². The average molecular weight is 208 g/mol. The number of likely N-dealkylation sites (tertiary alicyclic amines) is 1. The van der Waals surface area contributed by atoms with E-state index in [2.05, 4.69) is 17.5 Å². The molecular formula is C11H16N2O2. The van der Waals surface area contributed by atoms with Gasteiger partial charge in [-0.2, -0.15) is 0 Å². The van der Waals surface area contributed by atoms with Crippen LogP contribution in [0.15, 0.2) is 12.2 Å². The Morgan fingerprint density at radius 1 is 1.47 bits per heavy atom. The zero-order chi connectivity index (χ0) is 10.8. The number of likely N-dealkylation sites (N-methyl/N-ethyl adjacent to an activating group) is 1. The van der Waals surface area contributed by atoms with Crippen molar-refractivity contribution in [3.05, 3.63) is 12.2 Å². The van der Waals surface area contributed by atoms with E-state index < -0.39 is 0 Å². The molecule has 1 fully saturated rings. The summed E-state index contributed by atoms with van der Waals surface area (Å²) < 4.78 is 0. The molecule has 4 nitrogen and oxygen atoms in total. The van der Waals surface area contributed by atoms with E-state index in [4.69, 9.17) is 0 Å². The lowest BCUT2D eigenvalue weighted by Crippen LogP contribution is -2.42. The number of allylic oxidation sites excluding steroid dienone is 1. The van der Waals surface area contributed by atoms with Crippen LogP contribution in [0.3, 0.4) is 0 Å². The molecule has 15 heavy (non-hydrogen) atoms. The topological polar surface area (TPSA) is 49.4 Å². The molecule has 1 saturated heterocycles. The van der Waals surface area contributed by atoms with Crippen LogP contribution < -0.4 is 5.32 Å². The van der Waals surface area contributed by atoms with Crippen molar-refractivity contribution >= 4 is 11.8 Å². The van der Waals surface area contributed by atoms with E-state index >= 15 is 0 Å². The van der Waals surface area contributed by atoms with Gasteiger partial charge in [-0.3, -0.25) is 19.8 Å². The van der Waals surface area contributed by atoms with Gasteiger partial charge >= 0.3 is 0 Å². The van der Waals surface area contributed by atoms with Crippen LogP contribution in [-0.2, 0) is 9.59 Å². The summed E-state index contributed by atoms with van der Waals surface area (Å²) in [6.45, 7) is 0. The van der Waals surface area contributed by atoms with Crippen LogP contribution in [0.25, 0.3) is 0 Å². The summed E-state index contributed by atoms with van der Waals surface area (Å²) >= 11 is 0. The predicted molar refractivity (Wildman–Crippen MR) is 56.1 cm³/mol.